The van der Waals surface area contributed by atoms with Gasteiger partial charge in [0.05, 0.1) is 16.8 Å². The minimum Gasteiger partial charge on any atom is -0.488 e. The summed E-state index contributed by atoms with van der Waals surface area (Å²) in [5.41, 5.74) is 3.79. The molecule has 28 heavy (non-hydrogen) atoms. The molecule has 0 atom stereocenters. The van der Waals surface area contributed by atoms with E-state index in [2.05, 4.69) is 15.6 Å². The summed E-state index contributed by atoms with van der Waals surface area (Å²) in [7, 11) is 0. The molecular weight excluding hydrogens is 356 g/mol. The van der Waals surface area contributed by atoms with E-state index in [1.54, 1.807) is 0 Å². The fourth-order valence-corrected chi connectivity index (χ4v) is 3.45. The Labute approximate surface area is 161 Å². The number of amides is 1. The zero-order chi connectivity index (χ0) is 19.1. The first-order valence-corrected chi connectivity index (χ1v) is 9.13. The topological polar surface area (TPSA) is 80.0 Å². The van der Waals surface area contributed by atoms with Crippen molar-refractivity contribution in [1.82, 2.24) is 10.5 Å². The standard InChI is InChI=1S/C21H18N4O3/c1-13-7-8-17-15(11-13)20-16(12-27-17)19(24-28-20)21(26)22-18-9-10-25(23-18)14-5-3-2-4-6-14/h2-8,11H,9-10,12H2,1H3,(H,22,23,26). The number of hydrogen-bond acceptors (Lipinski definition) is 6. The molecule has 0 saturated carbocycles. The van der Waals surface area contributed by atoms with Gasteiger partial charge < -0.3 is 14.6 Å². The van der Waals surface area contributed by atoms with Crippen LogP contribution in [0.2, 0.25) is 0 Å². The minimum absolute atomic E-state index is 0.239. The Kier molecular flexibility index (Phi) is 3.86. The summed E-state index contributed by atoms with van der Waals surface area (Å²) in [5, 5.41) is 13.2. The van der Waals surface area contributed by atoms with Crippen LogP contribution in [0.15, 0.2) is 58.2 Å². The molecule has 3 heterocycles. The van der Waals surface area contributed by atoms with Gasteiger partial charge in [0, 0.05) is 13.0 Å². The van der Waals surface area contributed by atoms with E-state index >= 15 is 0 Å². The number of aryl methyl sites for hydroxylation is 1. The van der Waals surface area contributed by atoms with Crippen LogP contribution in [0.25, 0.3) is 11.3 Å². The van der Waals surface area contributed by atoms with Crippen LogP contribution in [0.5, 0.6) is 5.75 Å². The van der Waals surface area contributed by atoms with E-state index in [9.17, 15) is 4.79 Å². The maximum absolute atomic E-state index is 12.8. The number of fused-ring (bicyclic) bond motifs is 3. The van der Waals surface area contributed by atoms with Gasteiger partial charge in [0.2, 0.25) is 0 Å². The lowest BCUT2D eigenvalue weighted by atomic mass is 10.0. The number of rotatable bonds is 2. The molecule has 140 valence electrons. The van der Waals surface area contributed by atoms with Crippen molar-refractivity contribution in [2.24, 2.45) is 5.10 Å². The summed E-state index contributed by atoms with van der Waals surface area (Å²) in [6, 6.07) is 15.7. The number of anilines is 1. The Morgan fingerprint density at radius 3 is 2.89 bits per heavy atom. The lowest BCUT2D eigenvalue weighted by Crippen LogP contribution is -2.30. The van der Waals surface area contributed by atoms with Crippen LogP contribution >= 0.6 is 0 Å². The van der Waals surface area contributed by atoms with Crippen molar-refractivity contribution >= 4 is 17.4 Å². The molecule has 0 spiro atoms. The number of benzene rings is 2. The van der Waals surface area contributed by atoms with Gasteiger partial charge >= 0.3 is 0 Å². The average Bonchev–Trinajstić information content (AvgIpc) is 3.35. The molecule has 2 aliphatic rings. The molecule has 0 fully saturated rings. The molecule has 1 N–H and O–H groups in total. The highest BCUT2D eigenvalue weighted by Gasteiger charge is 2.30. The number of para-hydroxylation sites is 1. The van der Waals surface area contributed by atoms with Gasteiger partial charge in [0.1, 0.15) is 18.2 Å². The smallest absolute Gasteiger partial charge is 0.279 e. The lowest BCUT2D eigenvalue weighted by Gasteiger charge is -2.16. The Morgan fingerprint density at radius 1 is 1.18 bits per heavy atom. The lowest BCUT2D eigenvalue weighted by molar-refractivity contribution is 0.0965. The Balaban J connectivity index is 1.38. The van der Waals surface area contributed by atoms with E-state index in [4.69, 9.17) is 9.26 Å². The summed E-state index contributed by atoms with van der Waals surface area (Å²) in [4.78, 5) is 12.8. The number of hydrazone groups is 1. The van der Waals surface area contributed by atoms with E-state index in [1.165, 1.54) is 0 Å². The zero-order valence-corrected chi connectivity index (χ0v) is 15.3. The van der Waals surface area contributed by atoms with Crippen LogP contribution in [-0.4, -0.2) is 23.4 Å². The first-order valence-electron chi connectivity index (χ1n) is 9.13. The highest BCUT2D eigenvalue weighted by molar-refractivity contribution is 6.07. The molecule has 2 aliphatic heterocycles. The SMILES string of the molecule is Cc1ccc2c(c1)-c1onc(C(=O)NC3=NN(c4ccccc4)CC3)c1CO2. The third kappa shape index (κ3) is 2.81. The van der Waals surface area contributed by atoms with Crippen LogP contribution in [0.3, 0.4) is 0 Å². The molecular formula is C21H18N4O3. The predicted octanol–water partition coefficient (Wildman–Crippen LogP) is 3.50. The minimum atomic E-state index is -0.335. The summed E-state index contributed by atoms with van der Waals surface area (Å²) in [6.07, 6.45) is 0.652. The van der Waals surface area contributed by atoms with Crippen molar-refractivity contribution in [3.8, 4) is 17.1 Å². The van der Waals surface area contributed by atoms with Crippen LogP contribution in [-0.2, 0) is 6.61 Å². The number of nitrogens with one attached hydrogen (secondary N) is 1. The maximum atomic E-state index is 12.8. The number of carbonyl (C=O) groups is 1. The van der Waals surface area contributed by atoms with E-state index in [1.807, 2.05) is 60.5 Å². The first-order chi connectivity index (χ1) is 13.7. The van der Waals surface area contributed by atoms with Gasteiger partial charge in [-0.25, -0.2) is 0 Å². The number of nitrogens with zero attached hydrogens (tertiary/aromatic N) is 3. The molecule has 0 saturated heterocycles. The largest absolute Gasteiger partial charge is 0.488 e. The van der Waals surface area contributed by atoms with Gasteiger partial charge in [0.15, 0.2) is 11.5 Å². The summed E-state index contributed by atoms with van der Waals surface area (Å²) in [5.74, 6) is 1.60. The number of hydrogen-bond donors (Lipinski definition) is 1. The Bertz CT molecular complexity index is 1090. The van der Waals surface area contributed by atoms with Crippen LogP contribution < -0.4 is 15.1 Å². The maximum Gasteiger partial charge on any atom is 0.279 e. The van der Waals surface area contributed by atoms with Crippen LogP contribution in [0.4, 0.5) is 5.69 Å². The quantitative estimate of drug-likeness (QED) is 0.743. The zero-order valence-electron chi connectivity index (χ0n) is 15.3. The second-order valence-electron chi connectivity index (χ2n) is 6.84. The van der Waals surface area contributed by atoms with Gasteiger partial charge in [-0.15, -0.1) is 0 Å². The van der Waals surface area contributed by atoms with E-state index in [0.717, 1.165) is 22.6 Å². The molecule has 0 bridgehead atoms. The third-order valence-corrected chi connectivity index (χ3v) is 4.87. The Morgan fingerprint density at radius 2 is 2.04 bits per heavy atom. The van der Waals surface area contributed by atoms with Crippen LogP contribution in [0, 0.1) is 6.92 Å². The molecule has 1 aromatic heterocycles. The monoisotopic (exact) mass is 374 g/mol. The van der Waals surface area contributed by atoms with Crippen LogP contribution in [0.1, 0.15) is 28.0 Å². The molecule has 3 aromatic rings. The predicted molar refractivity (Wildman–Crippen MR) is 104 cm³/mol. The van der Waals surface area contributed by atoms with Crippen molar-refractivity contribution in [2.75, 3.05) is 11.6 Å². The second kappa shape index (κ2) is 6.53. The molecule has 0 radical (unpaired) electrons. The van der Waals surface area contributed by atoms with Gasteiger partial charge in [-0.1, -0.05) is 35.0 Å². The molecule has 7 heteroatoms. The van der Waals surface area contributed by atoms with Crippen molar-refractivity contribution in [1.29, 1.82) is 0 Å². The molecule has 0 aliphatic carbocycles. The number of aromatic nitrogens is 1. The van der Waals surface area contributed by atoms with E-state index in [0.29, 0.717) is 30.1 Å². The van der Waals surface area contributed by atoms with Gasteiger partial charge in [-0.2, -0.15) is 5.10 Å². The Hall–Kier alpha value is -3.61. The van der Waals surface area contributed by atoms with Gasteiger partial charge in [0.25, 0.3) is 5.91 Å². The fourth-order valence-electron chi connectivity index (χ4n) is 3.45. The van der Waals surface area contributed by atoms with Gasteiger partial charge in [-0.3, -0.25) is 9.80 Å². The summed E-state index contributed by atoms with van der Waals surface area (Å²) in [6.45, 7) is 2.96. The molecule has 5 rings (SSSR count). The van der Waals surface area contributed by atoms with Gasteiger partial charge in [-0.05, 0) is 31.2 Å². The van der Waals surface area contributed by atoms with Crippen molar-refractivity contribution in [3.05, 3.63) is 65.4 Å². The normalized spacial score (nSPS) is 14.8. The second-order valence-corrected chi connectivity index (χ2v) is 6.84. The fraction of sp³-hybridized carbons (Fsp3) is 0.190. The highest BCUT2D eigenvalue weighted by Crippen LogP contribution is 2.39. The highest BCUT2D eigenvalue weighted by atomic mass is 16.5. The summed E-state index contributed by atoms with van der Waals surface area (Å²) < 4.78 is 11.3. The number of amidine groups is 1. The first kappa shape index (κ1) is 16.6. The van der Waals surface area contributed by atoms with Crippen molar-refractivity contribution < 1.29 is 14.1 Å². The van der Waals surface area contributed by atoms with Crippen molar-refractivity contribution in [3.63, 3.8) is 0 Å². The van der Waals surface area contributed by atoms with E-state index in [-0.39, 0.29) is 18.2 Å². The summed E-state index contributed by atoms with van der Waals surface area (Å²) >= 11 is 0. The molecule has 7 nitrogen and oxygen atoms in total. The third-order valence-electron chi connectivity index (χ3n) is 4.87. The molecule has 2 aromatic carbocycles. The molecule has 1 amide bonds. The number of ether oxygens (including phenoxy) is 1. The number of carbonyl (C=O) groups excluding carboxylic acids is 1. The van der Waals surface area contributed by atoms with E-state index < -0.39 is 0 Å². The molecule has 0 unspecified atom stereocenters. The van der Waals surface area contributed by atoms with Crippen molar-refractivity contribution in [2.45, 2.75) is 20.0 Å². The average molecular weight is 374 g/mol.